The predicted octanol–water partition coefficient (Wildman–Crippen LogP) is 2.33. The summed E-state index contributed by atoms with van der Waals surface area (Å²) in [6, 6.07) is 0. The highest BCUT2D eigenvalue weighted by Crippen LogP contribution is 2.28. The van der Waals surface area contributed by atoms with Crippen molar-refractivity contribution in [2.24, 2.45) is 5.92 Å². The third kappa shape index (κ3) is 4.75. The highest BCUT2D eigenvalue weighted by molar-refractivity contribution is 5.86. The summed E-state index contributed by atoms with van der Waals surface area (Å²) in [6.45, 7) is 3.01. The Kier molecular flexibility index (Phi) is 4.97. The molecule has 1 aliphatic rings. The second-order valence-corrected chi connectivity index (χ2v) is 5.52. The zero-order valence-electron chi connectivity index (χ0n) is 10.8. The molecule has 0 heterocycles. The number of carboxylic acid groups (broad SMARTS) is 1. The Morgan fingerprint density at radius 2 is 1.88 bits per heavy atom. The van der Waals surface area contributed by atoms with Gasteiger partial charge in [-0.1, -0.05) is 25.7 Å². The van der Waals surface area contributed by atoms with E-state index in [0.29, 0.717) is 6.42 Å². The SMILES string of the molecule is CC(C)(NC(=O)CCCC1CCCC1)C(=O)O. The van der Waals surface area contributed by atoms with E-state index in [1.807, 2.05) is 0 Å². The Morgan fingerprint density at radius 1 is 1.29 bits per heavy atom. The lowest BCUT2D eigenvalue weighted by atomic mass is 10.00. The Labute approximate surface area is 103 Å². The van der Waals surface area contributed by atoms with Crippen LogP contribution in [0.3, 0.4) is 0 Å². The van der Waals surface area contributed by atoms with Crippen LogP contribution in [0.25, 0.3) is 0 Å². The van der Waals surface area contributed by atoms with E-state index in [-0.39, 0.29) is 5.91 Å². The van der Waals surface area contributed by atoms with E-state index in [0.717, 1.165) is 18.8 Å². The van der Waals surface area contributed by atoms with E-state index >= 15 is 0 Å². The van der Waals surface area contributed by atoms with E-state index < -0.39 is 11.5 Å². The van der Waals surface area contributed by atoms with Gasteiger partial charge in [0.15, 0.2) is 0 Å². The van der Waals surface area contributed by atoms with Crippen LogP contribution < -0.4 is 5.32 Å². The molecule has 0 bridgehead atoms. The first-order valence-electron chi connectivity index (χ1n) is 6.46. The molecular weight excluding hydrogens is 218 g/mol. The molecule has 1 aliphatic carbocycles. The first-order valence-corrected chi connectivity index (χ1v) is 6.46. The molecule has 0 radical (unpaired) electrons. The van der Waals surface area contributed by atoms with Crippen LogP contribution in [0.1, 0.15) is 58.8 Å². The van der Waals surface area contributed by atoms with Gasteiger partial charge < -0.3 is 10.4 Å². The molecule has 0 aromatic carbocycles. The molecule has 0 unspecified atom stereocenters. The van der Waals surface area contributed by atoms with Gasteiger partial charge >= 0.3 is 5.97 Å². The second kappa shape index (κ2) is 6.03. The average Bonchev–Trinajstić information content (AvgIpc) is 2.69. The quantitative estimate of drug-likeness (QED) is 0.750. The molecule has 0 aromatic heterocycles. The topological polar surface area (TPSA) is 66.4 Å². The number of carbonyl (C=O) groups is 2. The van der Waals surface area contributed by atoms with Crippen molar-refractivity contribution >= 4 is 11.9 Å². The lowest BCUT2D eigenvalue weighted by molar-refractivity contribution is -0.146. The summed E-state index contributed by atoms with van der Waals surface area (Å²) < 4.78 is 0. The molecule has 0 aliphatic heterocycles. The van der Waals surface area contributed by atoms with Crippen molar-refractivity contribution in [3.8, 4) is 0 Å². The van der Waals surface area contributed by atoms with Crippen LogP contribution >= 0.6 is 0 Å². The van der Waals surface area contributed by atoms with Crippen LogP contribution in [-0.2, 0) is 9.59 Å². The maximum absolute atomic E-state index is 11.6. The lowest BCUT2D eigenvalue weighted by Crippen LogP contribution is -2.49. The number of nitrogens with one attached hydrogen (secondary N) is 1. The summed E-state index contributed by atoms with van der Waals surface area (Å²) in [4.78, 5) is 22.4. The molecule has 1 rings (SSSR count). The van der Waals surface area contributed by atoms with Gasteiger partial charge in [0, 0.05) is 6.42 Å². The molecule has 0 spiro atoms. The summed E-state index contributed by atoms with van der Waals surface area (Å²) >= 11 is 0. The van der Waals surface area contributed by atoms with Crippen molar-refractivity contribution in [2.75, 3.05) is 0 Å². The molecule has 1 fully saturated rings. The van der Waals surface area contributed by atoms with Gasteiger partial charge in [-0.2, -0.15) is 0 Å². The van der Waals surface area contributed by atoms with Gasteiger partial charge in [-0.25, -0.2) is 4.79 Å². The minimum absolute atomic E-state index is 0.157. The molecule has 1 amide bonds. The number of aliphatic carboxylic acids is 1. The van der Waals surface area contributed by atoms with Crippen LogP contribution in [0.2, 0.25) is 0 Å². The number of hydrogen-bond acceptors (Lipinski definition) is 2. The third-order valence-electron chi connectivity index (χ3n) is 3.48. The van der Waals surface area contributed by atoms with Crippen LogP contribution in [-0.4, -0.2) is 22.5 Å². The molecule has 0 atom stereocenters. The Morgan fingerprint density at radius 3 is 2.41 bits per heavy atom. The maximum atomic E-state index is 11.6. The van der Waals surface area contributed by atoms with Crippen LogP contribution in [0.5, 0.6) is 0 Å². The highest BCUT2D eigenvalue weighted by Gasteiger charge is 2.28. The van der Waals surface area contributed by atoms with E-state index in [4.69, 9.17) is 5.11 Å². The number of carboxylic acids is 1. The number of hydrogen-bond donors (Lipinski definition) is 2. The summed E-state index contributed by atoms with van der Waals surface area (Å²) in [5, 5.41) is 11.4. The normalized spacial score (nSPS) is 17.1. The smallest absolute Gasteiger partial charge is 0.328 e. The first kappa shape index (κ1) is 14.0. The van der Waals surface area contributed by atoms with Gasteiger partial charge in [-0.3, -0.25) is 4.79 Å². The van der Waals surface area contributed by atoms with Crippen LogP contribution in [0.4, 0.5) is 0 Å². The van der Waals surface area contributed by atoms with Gasteiger partial charge in [-0.15, -0.1) is 0 Å². The van der Waals surface area contributed by atoms with Crippen molar-refractivity contribution < 1.29 is 14.7 Å². The Balaban J connectivity index is 2.18. The number of carbonyl (C=O) groups excluding carboxylic acids is 1. The van der Waals surface area contributed by atoms with E-state index in [2.05, 4.69) is 5.32 Å². The summed E-state index contributed by atoms with van der Waals surface area (Å²) in [5.74, 6) is -0.368. The van der Waals surface area contributed by atoms with Crippen molar-refractivity contribution in [1.29, 1.82) is 0 Å². The minimum Gasteiger partial charge on any atom is -0.480 e. The van der Waals surface area contributed by atoms with Crippen LogP contribution in [0.15, 0.2) is 0 Å². The largest absolute Gasteiger partial charge is 0.480 e. The minimum atomic E-state index is -1.16. The fourth-order valence-corrected chi connectivity index (χ4v) is 2.31. The van der Waals surface area contributed by atoms with E-state index in [1.165, 1.54) is 39.5 Å². The number of rotatable bonds is 6. The zero-order valence-corrected chi connectivity index (χ0v) is 10.8. The maximum Gasteiger partial charge on any atom is 0.328 e. The molecule has 0 aromatic rings. The molecule has 17 heavy (non-hydrogen) atoms. The fraction of sp³-hybridized carbons (Fsp3) is 0.846. The molecule has 4 nitrogen and oxygen atoms in total. The van der Waals surface area contributed by atoms with Gasteiger partial charge in [0.05, 0.1) is 0 Å². The molecular formula is C13H23NO3. The molecule has 98 valence electrons. The first-order chi connectivity index (χ1) is 7.92. The summed E-state index contributed by atoms with van der Waals surface area (Å²) in [6.07, 6.45) is 7.64. The Bertz CT molecular complexity index is 280. The Hall–Kier alpha value is -1.06. The monoisotopic (exact) mass is 241 g/mol. The van der Waals surface area contributed by atoms with Gasteiger partial charge in [0.2, 0.25) is 5.91 Å². The van der Waals surface area contributed by atoms with Gasteiger partial charge in [0.25, 0.3) is 0 Å². The van der Waals surface area contributed by atoms with Crippen molar-refractivity contribution in [1.82, 2.24) is 5.32 Å². The molecule has 1 saturated carbocycles. The summed E-state index contributed by atoms with van der Waals surface area (Å²) in [7, 11) is 0. The zero-order chi connectivity index (χ0) is 12.9. The summed E-state index contributed by atoms with van der Waals surface area (Å²) in [5.41, 5.74) is -1.16. The predicted molar refractivity (Wildman–Crippen MR) is 65.7 cm³/mol. The van der Waals surface area contributed by atoms with Gasteiger partial charge in [-0.05, 0) is 32.6 Å². The molecule has 2 N–H and O–H groups in total. The third-order valence-corrected chi connectivity index (χ3v) is 3.48. The van der Waals surface area contributed by atoms with Crippen molar-refractivity contribution in [3.63, 3.8) is 0 Å². The standard InChI is InChI=1S/C13H23NO3/c1-13(2,12(16)17)14-11(15)9-5-8-10-6-3-4-7-10/h10H,3-9H2,1-2H3,(H,14,15)(H,16,17). The van der Waals surface area contributed by atoms with Gasteiger partial charge in [0.1, 0.15) is 5.54 Å². The van der Waals surface area contributed by atoms with Crippen molar-refractivity contribution in [3.05, 3.63) is 0 Å². The lowest BCUT2D eigenvalue weighted by Gasteiger charge is -2.21. The second-order valence-electron chi connectivity index (χ2n) is 5.52. The highest BCUT2D eigenvalue weighted by atomic mass is 16.4. The molecule has 4 heteroatoms. The van der Waals surface area contributed by atoms with Crippen molar-refractivity contribution in [2.45, 2.75) is 64.3 Å². The van der Waals surface area contributed by atoms with Crippen LogP contribution in [0, 0.1) is 5.92 Å². The molecule has 0 saturated heterocycles. The van der Waals surface area contributed by atoms with E-state index in [1.54, 1.807) is 0 Å². The number of amides is 1. The van der Waals surface area contributed by atoms with E-state index in [9.17, 15) is 9.59 Å². The fourth-order valence-electron chi connectivity index (χ4n) is 2.31. The average molecular weight is 241 g/mol.